The summed E-state index contributed by atoms with van der Waals surface area (Å²) >= 11 is 0. The van der Waals surface area contributed by atoms with E-state index in [9.17, 15) is 8.42 Å². The van der Waals surface area contributed by atoms with Gasteiger partial charge in [-0.05, 0) is 24.5 Å². The van der Waals surface area contributed by atoms with Gasteiger partial charge < -0.3 is 10.5 Å². The molecule has 1 aromatic rings. The third kappa shape index (κ3) is 2.91. The fourth-order valence-electron chi connectivity index (χ4n) is 2.37. The van der Waals surface area contributed by atoms with Crippen LogP contribution in [-0.2, 0) is 26.9 Å². The van der Waals surface area contributed by atoms with Crippen LogP contribution in [0.2, 0.25) is 0 Å². The molecule has 1 aliphatic rings. The van der Waals surface area contributed by atoms with Gasteiger partial charge in [-0.15, -0.1) is 0 Å². The molecule has 18 heavy (non-hydrogen) atoms. The molecule has 0 radical (unpaired) electrons. The highest BCUT2D eigenvalue weighted by molar-refractivity contribution is 7.91. The third-order valence-corrected chi connectivity index (χ3v) is 5.64. The van der Waals surface area contributed by atoms with Gasteiger partial charge in [0.15, 0.2) is 9.84 Å². The standard InChI is InChI=1S/C13H19NO3S/c1-10-13(5-6-17-10)18(15,16)9-12-4-2-3-11(7-12)8-14/h2-4,7,10,13H,5-6,8-9,14H2,1H3. The number of ether oxygens (including phenoxy) is 1. The number of hydrogen-bond donors (Lipinski definition) is 1. The van der Waals surface area contributed by atoms with E-state index in [1.165, 1.54) is 0 Å². The fourth-order valence-corrected chi connectivity index (χ4v) is 4.35. The summed E-state index contributed by atoms with van der Waals surface area (Å²) in [4.78, 5) is 0. The van der Waals surface area contributed by atoms with Gasteiger partial charge in [-0.1, -0.05) is 24.3 Å². The van der Waals surface area contributed by atoms with E-state index in [1.54, 1.807) is 0 Å². The van der Waals surface area contributed by atoms with Crippen molar-refractivity contribution in [3.05, 3.63) is 35.4 Å². The van der Waals surface area contributed by atoms with Gasteiger partial charge in [0.2, 0.25) is 0 Å². The third-order valence-electron chi connectivity index (χ3n) is 3.36. The van der Waals surface area contributed by atoms with E-state index in [1.807, 2.05) is 31.2 Å². The number of benzene rings is 1. The monoisotopic (exact) mass is 269 g/mol. The minimum atomic E-state index is -3.15. The molecule has 1 aromatic carbocycles. The smallest absolute Gasteiger partial charge is 0.159 e. The second-order valence-electron chi connectivity index (χ2n) is 4.73. The first-order valence-corrected chi connectivity index (χ1v) is 7.85. The second-order valence-corrected chi connectivity index (χ2v) is 6.95. The van der Waals surface area contributed by atoms with Crippen molar-refractivity contribution in [3.63, 3.8) is 0 Å². The number of nitrogens with two attached hydrogens (primary N) is 1. The van der Waals surface area contributed by atoms with Gasteiger partial charge in [-0.3, -0.25) is 0 Å². The first-order chi connectivity index (χ1) is 8.53. The van der Waals surface area contributed by atoms with Crippen LogP contribution >= 0.6 is 0 Å². The van der Waals surface area contributed by atoms with Gasteiger partial charge in [0, 0.05) is 13.2 Å². The van der Waals surface area contributed by atoms with Gasteiger partial charge in [-0.2, -0.15) is 0 Å². The highest BCUT2D eigenvalue weighted by atomic mass is 32.2. The highest BCUT2D eigenvalue weighted by Crippen LogP contribution is 2.24. The molecule has 0 bridgehead atoms. The van der Waals surface area contributed by atoms with Crippen LogP contribution < -0.4 is 5.73 Å². The predicted molar refractivity (Wildman–Crippen MR) is 70.8 cm³/mol. The number of sulfone groups is 1. The maximum absolute atomic E-state index is 12.3. The molecule has 5 heteroatoms. The summed E-state index contributed by atoms with van der Waals surface area (Å²) in [6.45, 7) is 2.79. The van der Waals surface area contributed by atoms with Crippen molar-refractivity contribution >= 4 is 9.84 Å². The molecule has 1 heterocycles. The van der Waals surface area contributed by atoms with Gasteiger partial charge in [0.1, 0.15) is 0 Å². The summed E-state index contributed by atoms with van der Waals surface area (Å²) in [7, 11) is -3.15. The maximum atomic E-state index is 12.3. The zero-order valence-corrected chi connectivity index (χ0v) is 11.3. The van der Waals surface area contributed by atoms with Crippen LogP contribution in [0.5, 0.6) is 0 Å². The van der Waals surface area contributed by atoms with E-state index in [0.29, 0.717) is 19.6 Å². The zero-order chi connectivity index (χ0) is 13.2. The Hall–Kier alpha value is -0.910. The maximum Gasteiger partial charge on any atom is 0.159 e. The average Bonchev–Trinajstić information content (AvgIpc) is 2.76. The Morgan fingerprint density at radius 2 is 2.11 bits per heavy atom. The molecule has 2 unspecified atom stereocenters. The van der Waals surface area contributed by atoms with E-state index in [4.69, 9.17) is 10.5 Å². The van der Waals surface area contributed by atoms with Gasteiger partial charge in [0.05, 0.1) is 17.1 Å². The number of hydrogen-bond acceptors (Lipinski definition) is 4. The van der Waals surface area contributed by atoms with Crippen molar-refractivity contribution in [3.8, 4) is 0 Å². The average molecular weight is 269 g/mol. The minimum Gasteiger partial charge on any atom is -0.377 e. The van der Waals surface area contributed by atoms with Gasteiger partial charge in [0.25, 0.3) is 0 Å². The first kappa shape index (κ1) is 13.5. The SMILES string of the molecule is CC1OCCC1S(=O)(=O)Cc1cccc(CN)c1. The van der Waals surface area contributed by atoms with Crippen LogP contribution in [0.1, 0.15) is 24.5 Å². The molecule has 1 fully saturated rings. The minimum absolute atomic E-state index is 0.0687. The van der Waals surface area contributed by atoms with E-state index in [-0.39, 0.29) is 17.1 Å². The first-order valence-electron chi connectivity index (χ1n) is 6.14. The van der Waals surface area contributed by atoms with Crippen LogP contribution in [-0.4, -0.2) is 26.4 Å². The van der Waals surface area contributed by atoms with Crippen molar-refractivity contribution in [2.75, 3.05) is 6.61 Å². The summed E-state index contributed by atoms with van der Waals surface area (Å²) in [5.41, 5.74) is 7.32. The largest absolute Gasteiger partial charge is 0.377 e. The van der Waals surface area contributed by atoms with E-state index >= 15 is 0 Å². The lowest BCUT2D eigenvalue weighted by atomic mass is 10.1. The Bertz CT molecular complexity index is 513. The molecule has 4 nitrogen and oxygen atoms in total. The molecule has 1 aliphatic heterocycles. The van der Waals surface area contributed by atoms with Crippen molar-refractivity contribution in [2.24, 2.45) is 5.73 Å². The van der Waals surface area contributed by atoms with Gasteiger partial charge in [-0.25, -0.2) is 8.42 Å². The molecular formula is C13H19NO3S. The Morgan fingerprint density at radius 1 is 1.39 bits per heavy atom. The van der Waals surface area contributed by atoms with E-state index in [0.717, 1.165) is 11.1 Å². The lowest BCUT2D eigenvalue weighted by Crippen LogP contribution is -2.29. The number of rotatable bonds is 4. The van der Waals surface area contributed by atoms with Crippen molar-refractivity contribution in [1.82, 2.24) is 0 Å². The van der Waals surface area contributed by atoms with E-state index < -0.39 is 9.84 Å². The molecule has 100 valence electrons. The lowest BCUT2D eigenvalue weighted by molar-refractivity contribution is 0.126. The van der Waals surface area contributed by atoms with Gasteiger partial charge >= 0.3 is 0 Å². The fraction of sp³-hybridized carbons (Fsp3) is 0.538. The summed E-state index contributed by atoms with van der Waals surface area (Å²) in [5.74, 6) is 0.0687. The van der Waals surface area contributed by atoms with Crippen LogP contribution in [0.15, 0.2) is 24.3 Å². The molecule has 0 aliphatic carbocycles. The molecule has 0 amide bonds. The van der Waals surface area contributed by atoms with Crippen LogP contribution in [0.25, 0.3) is 0 Å². The summed E-state index contributed by atoms with van der Waals surface area (Å²) in [5, 5.41) is -0.376. The molecule has 2 N–H and O–H groups in total. The Kier molecular flexibility index (Phi) is 4.04. The molecule has 0 aromatic heterocycles. The van der Waals surface area contributed by atoms with Crippen LogP contribution in [0, 0.1) is 0 Å². The molecular weight excluding hydrogens is 250 g/mol. The Balaban J connectivity index is 2.16. The predicted octanol–water partition coefficient (Wildman–Crippen LogP) is 1.24. The second kappa shape index (κ2) is 5.38. The Labute approximate surface area is 108 Å². The quantitative estimate of drug-likeness (QED) is 0.892. The summed E-state index contributed by atoms with van der Waals surface area (Å²) in [6, 6.07) is 7.44. The molecule has 2 atom stereocenters. The summed E-state index contributed by atoms with van der Waals surface area (Å²) < 4.78 is 29.9. The Morgan fingerprint density at radius 3 is 2.72 bits per heavy atom. The highest BCUT2D eigenvalue weighted by Gasteiger charge is 2.35. The molecule has 0 saturated carbocycles. The molecule has 1 saturated heterocycles. The lowest BCUT2D eigenvalue weighted by Gasteiger charge is -2.15. The normalized spacial score (nSPS) is 24.3. The van der Waals surface area contributed by atoms with Crippen LogP contribution in [0.4, 0.5) is 0 Å². The molecule has 0 spiro atoms. The topological polar surface area (TPSA) is 69.4 Å². The van der Waals surface area contributed by atoms with E-state index in [2.05, 4.69) is 0 Å². The van der Waals surface area contributed by atoms with Crippen molar-refractivity contribution < 1.29 is 13.2 Å². The zero-order valence-electron chi connectivity index (χ0n) is 10.5. The van der Waals surface area contributed by atoms with Crippen LogP contribution in [0.3, 0.4) is 0 Å². The molecule has 2 rings (SSSR count). The summed E-state index contributed by atoms with van der Waals surface area (Å²) in [6.07, 6.45) is 0.396. The van der Waals surface area contributed by atoms with Crippen molar-refractivity contribution in [1.29, 1.82) is 0 Å². The van der Waals surface area contributed by atoms with Crippen molar-refractivity contribution in [2.45, 2.75) is 37.0 Å².